The highest BCUT2D eigenvalue weighted by molar-refractivity contribution is 7.98. The quantitative estimate of drug-likeness (QED) is 0.527. The summed E-state index contributed by atoms with van der Waals surface area (Å²) in [5.74, 6) is 0.552. The van der Waals surface area contributed by atoms with Crippen molar-refractivity contribution in [3.63, 3.8) is 0 Å². The molecule has 0 N–H and O–H groups in total. The number of nitriles is 1. The van der Waals surface area contributed by atoms with Crippen molar-refractivity contribution >= 4 is 22.7 Å². The topological polar surface area (TPSA) is 66.9 Å². The summed E-state index contributed by atoms with van der Waals surface area (Å²) < 4.78 is 5.26. The van der Waals surface area contributed by atoms with Crippen molar-refractivity contribution in [2.24, 2.45) is 0 Å². The maximum atomic E-state index is 11.8. The van der Waals surface area contributed by atoms with Crippen molar-refractivity contribution < 1.29 is 4.42 Å². The number of hydrogen-bond acceptors (Lipinski definition) is 5. The van der Waals surface area contributed by atoms with E-state index in [1.807, 2.05) is 45.0 Å². The third-order valence-corrected chi connectivity index (χ3v) is 4.80. The van der Waals surface area contributed by atoms with E-state index in [-0.39, 0.29) is 5.63 Å². The second-order valence-electron chi connectivity index (χ2n) is 5.75. The third-order valence-electron chi connectivity index (χ3n) is 3.77. The molecule has 2 aromatic heterocycles. The molecule has 2 heterocycles. The molecule has 3 rings (SSSR count). The van der Waals surface area contributed by atoms with Crippen LogP contribution in [0.15, 0.2) is 44.6 Å². The Morgan fingerprint density at radius 3 is 2.75 bits per heavy atom. The first-order valence-electron chi connectivity index (χ1n) is 7.52. The lowest BCUT2D eigenvalue weighted by atomic mass is 10.1. The van der Waals surface area contributed by atoms with E-state index in [0.29, 0.717) is 21.9 Å². The van der Waals surface area contributed by atoms with Crippen LogP contribution in [0.2, 0.25) is 0 Å². The zero-order valence-electron chi connectivity index (χ0n) is 13.7. The summed E-state index contributed by atoms with van der Waals surface area (Å²) in [6.45, 7) is 5.82. The second kappa shape index (κ2) is 6.50. The molecule has 0 bridgehead atoms. The van der Waals surface area contributed by atoms with Crippen LogP contribution in [0.5, 0.6) is 0 Å². The van der Waals surface area contributed by atoms with Gasteiger partial charge in [0, 0.05) is 22.9 Å². The fourth-order valence-corrected chi connectivity index (χ4v) is 3.74. The molecule has 0 aliphatic rings. The Labute approximate surface area is 144 Å². The molecule has 24 heavy (non-hydrogen) atoms. The van der Waals surface area contributed by atoms with E-state index in [9.17, 15) is 10.1 Å². The van der Waals surface area contributed by atoms with Gasteiger partial charge < -0.3 is 4.42 Å². The van der Waals surface area contributed by atoms with Gasteiger partial charge in [-0.15, -0.1) is 11.8 Å². The summed E-state index contributed by atoms with van der Waals surface area (Å²) in [6, 6.07) is 11.4. The summed E-state index contributed by atoms with van der Waals surface area (Å²) in [5, 5.41) is 11.0. The molecule has 0 amide bonds. The van der Waals surface area contributed by atoms with Gasteiger partial charge in [-0.1, -0.05) is 11.6 Å². The monoisotopic (exact) mass is 336 g/mol. The summed E-state index contributed by atoms with van der Waals surface area (Å²) in [5.41, 5.74) is 4.59. The Kier molecular flexibility index (Phi) is 4.41. The minimum Gasteiger partial charge on any atom is -0.423 e. The van der Waals surface area contributed by atoms with Crippen molar-refractivity contribution in [2.75, 3.05) is 0 Å². The normalized spacial score (nSPS) is 10.8. The highest BCUT2D eigenvalue weighted by Gasteiger charge is 2.12. The molecular weight excluding hydrogens is 320 g/mol. The third kappa shape index (κ3) is 3.19. The molecule has 0 aliphatic carbocycles. The standard InChI is InChI=1S/C19H16N2O2S/c1-11-4-5-17-15(6-11)14(8-18(22)23-17)10-24-19-16(9-20)12(2)7-13(3)21-19/h4-8H,10H2,1-3H3. The molecule has 3 aromatic rings. The highest BCUT2D eigenvalue weighted by Crippen LogP contribution is 2.29. The number of aryl methyl sites for hydroxylation is 3. The number of fused-ring (bicyclic) bond motifs is 1. The summed E-state index contributed by atoms with van der Waals surface area (Å²) in [6.07, 6.45) is 0. The van der Waals surface area contributed by atoms with Crippen molar-refractivity contribution in [3.8, 4) is 6.07 Å². The summed E-state index contributed by atoms with van der Waals surface area (Å²) in [7, 11) is 0. The Hall–Kier alpha value is -2.58. The number of nitrogens with zero attached hydrogens (tertiary/aromatic N) is 2. The van der Waals surface area contributed by atoms with Crippen molar-refractivity contribution in [2.45, 2.75) is 31.6 Å². The van der Waals surface area contributed by atoms with Gasteiger partial charge in [-0.3, -0.25) is 0 Å². The van der Waals surface area contributed by atoms with Gasteiger partial charge in [0.05, 0.1) is 5.56 Å². The number of benzene rings is 1. The Bertz CT molecular complexity index is 1030. The molecule has 0 aliphatic heterocycles. The Morgan fingerprint density at radius 2 is 2.00 bits per heavy atom. The number of rotatable bonds is 3. The number of hydrogen-bond donors (Lipinski definition) is 0. The molecule has 0 atom stereocenters. The first-order valence-corrected chi connectivity index (χ1v) is 8.51. The average Bonchev–Trinajstić information content (AvgIpc) is 2.52. The lowest BCUT2D eigenvalue weighted by Gasteiger charge is -2.09. The maximum Gasteiger partial charge on any atom is 0.336 e. The van der Waals surface area contributed by atoms with E-state index in [0.717, 1.165) is 27.8 Å². The minimum absolute atomic E-state index is 0.365. The van der Waals surface area contributed by atoms with E-state index < -0.39 is 0 Å². The first kappa shape index (κ1) is 16.3. The molecule has 0 spiro atoms. The van der Waals surface area contributed by atoms with Crippen LogP contribution in [-0.4, -0.2) is 4.98 Å². The van der Waals surface area contributed by atoms with E-state index in [1.165, 1.54) is 17.8 Å². The van der Waals surface area contributed by atoms with E-state index in [1.54, 1.807) is 0 Å². The number of pyridine rings is 1. The van der Waals surface area contributed by atoms with Crippen LogP contribution in [0.3, 0.4) is 0 Å². The average molecular weight is 336 g/mol. The number of aromatic nitrogens is 1. The van der Waals surface area contributed by atoms with Crippen molar-refractivity contribution in [1.29, 1.82) is 5.26 Å². The van der Waals surface area contributed by atoms with E-state index in [2.05, 4.69) is 11.1 Å². The van der Waals surface area contributed by atoms with Crippen LogP contribution in [0.4, 0.5) is 0 Å². The van der Waals surface area contributed by atoms with Gasteiger partial charge in [0.2, 0.25) is 0 Å². The zero-order valence-corrected chi connectivity index (χ0v) is 14.5. The largest absolute Gasteiger partial charge is 0.423 e. The lowest BCUT2D eigenvalue weighted by molar-refractivity contribution is 0.559. The lowest BCUT2D eigenvalue weighted by Crippen LogP contribution is -2.01. The van der Waals surface area contributed by atoms with E-state index >= 15 is 0 Å². The Morgan fingerprint density at radius 1 is 1.21 bits per heavy atom. The predicted octanol–water partition coefficient (Wildman–Crippen LogP) is 4.28. The van der Waals surface area contributed by atoms with Gasteiger partial charge in [0.1, 0.15) is 16.7 Å². The first-order chi connectivity index (χ1) is 11.5. The zero-order chi connectivity index (χ0) is 17.3. The number of thioether (sulfide) groups is 1. The molecule has 5 heteroatoms. The SMILES string of the molecule is Cc1ccc2oc(=O)cc(CSc3nc(C)cc(C)c3C#N)c2c1. The molecule has 1 aromatic carbocycles. The summed E-state index contributed by atoms with van der Waals surface area (Å²) in [4.78, 5) is 16.3. The molecule has 4 nitrogen and oxygen atoms in total. The molecule has 0 saturated carbocycles. The second-order valence-corrected chi connectivity index (χ2v) is 6.72. The maximum absolute atomic E-state index is 11.8. The molecule has 0 radical (unpaired) electrons. The highest BCUT2D eigenvalue weighted by atomic mass is 32.2. The smallest absolute Gasteiger partial charge is 0.336 e. The molecule has 0 saturated heterocycles. The van der Waals surface area contributed by atoms with Gasteiger partial charge in [-0.05, 0) is 50.1 Å². The Balaban J connectivity index is 2.02. The fourth-order valence-electron chi connectivity index (χ4n) is 2.65. The molecule has 120 valence electrons. The molecular formula is C19H16N2O2S. The fraction of sp³-hybridized carbons (Fsp3) is 0.211. The summed E-state index contributed by atoms with van der Waals surface area (Å²) >= 11 is 1.47. The van der Waals surface area contributed by atoms with Crippen LogP contribution in [-0.2, 0) is 5.75 Å². The van der Waals surface area contributed by atoms with E-state index in [4.69, 9.17) is 4.42 Å². The van der Waals surface area contributed by atoms with Gasteiger partial charge in [0.15, 0.2) is 0 Å². The minimum atomic E-state index is -0.365. The van der Waals surface area contributed by atoms with Gasteiger partial charge in [-0.25, -0.2) is 9.78 Å². The molecule has 0 unspecified atom stereocenters. The molecule has 0 fully saturated rings. The van der Waals surface area contributed by atoms with Gasteiger partial charge >= 0.3 is 5.63 Å². The van der Waals surface area contributed by atoms with Gasteiger partial charge in [-0.2, -0.15) is 5.26 Å². The van der Waals surface area contributed by atoms with Crippen LogP contribution in [0, 0.1) is 32.1 Å². The van der Waals surface area contributed by atoms with Gasteiger partial charge in [0.25, 0.3) is 0 Å². The van der Waals surface area contributed by atoms with Crippen LogP contribution < -0.4 is 5.63 Å². The van der Waals surface area contributed by atoms with Crippen LogP contribution in [0.1, 0.15) is 27.9 Å². The van der Waals surface area contributed by atoms with Crippen LogP contribution in [0.25, 0.3) is 11.0 Å². The van der Waals surface area contributed by atoms with Crippen molar-refractivity contribution in [3.05, 3.63) is 68.7 Å². The van der Waals surface area contributed by atoms with Crippen LogP contribution >= 0.6 is 11.8 Å². The predicted molar refractivity (Wildman–Crippen MR) is 95.2 cm³/mol. The van der Waals surface area contributed by atoms with Crippen molar-refractivity contribution in [1.82, 2.24) is 4.98 Å².